The molecule has 1 rings (SSSR count). The molecule has 1 atom stereocenters. The molecule has 0 aliphatic heterocycles. The van der Waals surface area contributed by atoms with Gasteiger partial charge in [-0.05, 0) is 32.1 Å². The molecule has 0 radical (unpaired) electrons. The van der Waals surface area contributed by atoms with Gasteiger partial charge in [0.1, 0.15) is 6.61 Å². The molecule has 0 aromatic carbocycles. The number of aliphatic hydroxyl groups is 1. The van der Waals surface area contributed by atoms with Crippen LogP contribution in [0.5, 0.6) is 0 Å². The van der Waals surface area contributed by atoms with E-state index in [1.54, 1.807) is 0 Å². The third-order valence-corrected chi connectivity index (χ3v) is 4.72. The largest absolute Gasteiger partial charge is 0.481 e. The maximum absolute atomic E-state index is 11.9. The number of ether oxygens (including phenoxy) is 1. The molecule has 1 aliphatic rings. The molecule has 0 spiro atoms. The molecule has 1 saturated carbocycles. The molecule has 1 fully saturated rings. The molecule has 0 heterocycles. The van der Waals surface area contributed by atoms with Crippen molar-refractivity contribution in [1.29, 1.82) is 0 Å². The van der Waals surface area contributed by atoms with Crippen LogP contribution in [0, 0.1) is 11.8 Å². The highest BCUT2D eigenvalue weighted by molar-refractivity contribution is 5.74. The van der Waals surface area contributed by atoms with Crippen LogP contribution in [0.2, 0.25) is 0 Å². The minimum Gasteiger partial charge on any atom is -0.481 e. The van der Waals surface area contributed by atoms with E-state index >= 15 is 0 Å². The summed E-state index contributed by atoms with van der Waals surface area (Å²) in [5.41, 5.74) is 0. The van der Waals surface area contributed by atoms with Crippen LogP contribution >= 0.6 is 0 Å². The molecule has 0 aromatic heterocycles. The summed E-state index contributed by atoms with van der Waals surface area (Å²) in [5, 5.41) is 18.8. The molecular formula is C18H32O5. The van der Waals surface area contributed by atoms with Crippen LogP contribution < -0.4 is 0 Å². The Balaban J connectivity index is 2.07. The van der Waals surface area contributed by atoms with Gasteiger partial charge in [0, 0.05) is 0 Å². The maximum atomic E-state index is 11.9. The normalized spacial score (nSPS) is 22.5. The lowest BCUT2D eigenvalue weighted by Crippen LogP contribution is -2.29. The van der Waals surface area contributed by atoms with Crippen molar-refractivity contribution in [3.8, 4) is 0 Å². The van der Waals surface area contributed by atoms with Gasteiger partial charge in [-0.1, -0.05) is 45.4 Å². The number of carboxylic acid groups (broad SMARTS) is 1. The van der Waals surface area contributed by atoms with E-state index in [1.807, 2.05) is 0 Å². The molecule has 0 bridgehead atoms. The molecule has 134 valence electrons. The fourth-order valence-electron chi connectivity index (χ4n) is 3.12. The first-order chi connectivity index (χ1) is 11.0. The van der Waals surface area contributed by atoms with E-state index in [2.05, 4.69) is 6.92 Å². The Labute approximate surface area is 139 Å². The number of carbonyl (C=O) groups excluding carboxylic acids is 1. The van der Waals surface area contributed by atoms with Gasteiger partial charge in [0.05, 0.1) is 17.9 Å². The van der Waals surface area contributed by atoms with Crippen LogP contribution in [0.25, 0.3) is 0 Å². The zero-order valence-corrected chi connectivity index (χ0v) is 14.3. The number of unbranched alkanes of at least 4 members (excludes halogenated alkanes) is 5. The Morgan fingerprint density at radius 1 is 1.00 bits per heavy atom. The SMILES string of the molecule is CCCCCCCCC(O)COC(=O)C1CCC(C(=O)O)CC1. The monoisotopic (exact) mass is 328 g/mol. The highest BCUT2D eigenvalue weighted by Crippen LogP contribution is 2.29. The van der Waals surface area contributed by atoms with E-state index in [4.69, 9.17) is 9.84 Å². The van der Waals surface area contributed by atoms with Gasteiger partial charge in [-0.2, -0.15) is 0 Å². The quantitative estimate of drug-likeness (QED) is 0.448. The summed E-state index contributed by atoms with van der Waals surface area (Å²) in [6.45, 7) is 2.25. The summed E-state index contributed by atoms with van der Waals surface area (Å²) in [4.78, 5) is 22.8. The Bertz CT molecular complexity index is 347. The number of carboxylic acids is 1. The van der Waals surface area contributed by atoms with Crippen LogP contribution in [0.15, 0.2) is 0 Å². The Kier molecular flexibility index (Phi) is 9.92. The first kappa shape index (κ1) is 19.9. The van der Waals surface area contributed by atoms with Gasteiger partial charge >= 0.3 is 11.9 Å². The van der Waals surface area contributed by atoms with Gasteiger partial charge < -0.3 is 14.9 Å². The lowest BCUT2D eigenvalue weighted by Gasteiger charge is -2.25. The van der Waals surface area contributed by atoms with Crippen molar-refractivity contribution < 1.29 is 24.5 Å². The number of hydrogen-bond acceptors (Lipinski definition) is 4. The van der Waals surface area contributed by atoms with E-state index in [0.29, 0.717) is 32.1 Å². The summed E-state index contributed by atoms with van der Waals surface area (Å²) in [5.74, 6) is -1.58. The van der Waals surface area contributed by atoms with Gasteiger partial charge in [0.15, 0.2) is 0 Å². The Hall–Kier alpha value is -1.10. The first-order valence-electron chi connectivity index (χ1n) is 9.12. The summed E-state index contributed by atoms with van der Waals surface area (Å²) in [7, 11) is 0. The minimum atomic E-state index is -0.772. The summed E-state index contributed by atoms with van der Waals surface area (Å²) in [6.07, 6.45) is 9.34. The second-order valence-corrected chi connectivity index (χ2v) is 6.73. The molecule has 0 amide bonds. The van der Waals surface area contributed by atoms with Crippen molar-refractivity contribution in [1.82, 2.24) is 0 Å². The van der Waals surface area contributed by atoms with Crippen molar-refractivity contribution in [3.63, 3.8) is 0 Å². The van der Waals surface area contributed by atoms with Crippen molar-refractivity contribution >= 4 is 11.9 Å². The lowest BCUT2D eigenvalue weighted by atomic mass is 9.82. The summed E-state index contributed by atoms with van der Waals surface area (Å²) in [6, 6.07) is 0. The minimum absolute atomic E-state index is 0.0622. The first-order valence-corrected chi connectivity index (χ1v) is 9.12. The molecule has 1 aliphatic carbocycles. The number of hydrogen-bond donors (Lipinski definition) is 2. The Morgan fingerprint density at radius 2 is 1.57 bits per heavy atom. The second-order valence-electron chi connectivity index (χ2n) is 6.73. The third-order valence-electron chi connectivity index (χ3n) is 4.72. The zero-order valence-electron chi connectivity index (χ0n) is 14.3. The number of carbonyl (C=O) groups is 2. The zero-order chi connectivity index (χ0) is 17.1. The topological polar surface area (TPSA) is 83.8 Å². The highest BCUT2D eigenvalue weighted by atomic mass is 16.5. The fraction of sp³-hybridized carbons (Fsp3) is 0.889. The maximum Gasteiger partial charge on any atom is 0.309 e. The van der Waals surface area contributed by atoms with E-state index in [-0.39, 0.29) is 24.4 Å². The molecule has 0 saturated heterocycles. The average Bonchev–Trinajstić information content (AvgIpc) is 2.55. The van der Waals surface area contributed by atoms with Gasteiger partial charge in [-0.3, -0.25) is 9.59 Å². The molecule has 23 heavy (non-hydrogen) atoms. The lowest BCUT2D eigenvalue weighted by molar-refractivity contribution is -0.155. The molecule has 2 N–H and O–H groups in total. The number of aliphatic carboxylic acids is 1. The predicted octanol–water partition coefficient (Wildman–Crippen LogP) is 3.53. The van der Waals surface area contributed by atoms with Gasteiger partial charge in [0.25, 0.3) is 0 Å². The van der Waals surface area contributed by atoms with Crippen molar-refractivity contribution in [2.45, 2.75) is 83.7 Å². The number of rotatable bonds is 11. The second kappa shape index (κ2) is 11.4. The van der Waals surface area contributed by atoms with Crippen molar-refractivity contribution in [2.75, 3.05) is 6.61 Å². The van der Waals surface area contributed by atoms with Crippen LogP contribution in [0.3, 0.4) is 0 Å². The van der Waals surface area contributed by atoms with E-state index < -0.39 is 12.1 Å². The predicted molar refractivity (Wildman–Crippen MR) is 88.0 cm³/mol. The molecular weight excluding hydrogens is 296 g/mol. The van der Waals surface area contributed by atoms with E-state index in [0.717, 1.165) is 12.8 Å². The smallest absolute Gasteiger partial charge is 0.309 e. The van der Waals surface area contributed by atoms with Crippen molar-refractivity contribution in [3.05, 3.63) is 0 Å². The van der Waals surface area contributed by atoms with Gasteiger partial charge in [0.2, 0.25) is 0 Å². The molecule has 5 nitrogen and oxygen atoms in total. The summed E-state index contributed by atoms with van der Waals surface area (Å²) < 4.78 is 5.20. The fourth-order valence-corrected chi connectivity index (χ4v) is 3.12. The standard InChI is InChI=1S/C18H32O5/c1-2-3-4-5-6-7-8-16(19)13-23-18(22)15-11-9-14(10-12-15)17(20)21/h14-16,19H,2-13H2,1H3,(H,20,21). The number of aliphatic hydroxyl groups excluding tert-OH is 1. The third kappa shape index (κ3) is 8.35. The van der Waals surface area contributed by atoms with Crippen molar-refractivity contribution in [2.24, 2.45) is 11.8 Å². The number of esters is 1. The molecule has 1 unspecified atom stereocenters. The molecule has 0 aromatic rings. The average molecular weight is 328 g/mol. The van der Waals surface area contributed by atoms with E-state index in [9.17, 15) is 14.7 Å². The van der Waals surface area contributed by atoms with Crippen LogP contribution in [-0.4, -0.2) is 34.9 Å². The van der Waals surface area contributed by atoms with E-state index in [1.165, 1.54) is 25.7 Å². The highest BCUT2D eigenvalue weighted by Gasteiger charge is 2.30. The molecule has 5 heteroatoms. The van der Waals surface area contributed by atoms with Gasteiger partial charge in [-0.15, -0.1) is 0 Å². The summed E-state index contributed by atoms with van der Waals surface area (Å²) >= 11 is 0. The Morgan fingerprint density at radius 3 is 2.17 bits per heavy atom. The van der Waals surface area contributed by atoms with Crippen LogP contribution in [0.4, 0.5) is 0 Å². The van der Waals surface area contributed by atoms with Gasteiger partial charge in [-0.25, -0.2) is 0 Å². The van der Waals surface area contributed by atoms with Crippen LogP contribution in [0.1, 0.15) is 77.6 Å². The van der Waals surface area contributed by atoms with Crippen LogP contribution in [-0.2, 0) is 14.3 Å².